The Bertz CT molecular complexity index is 122. The molecule has 3 heteroatoms. The van der Waals surface area contributed by atoms with Crippen LogP contribution in [-0.2, 0) is 0 Å². The van der Waals surface area contributed by atoms with Crippen LogP contribution in [0, 0.1) is 0 Å². The molecule has 0 aliphatic rings. The number of hydrogen-bond donors (Lipinski definition) is 1. The van der Waals surface area contributed by atoms with Crippen LogP contribution >= 0.6 is 11.6 Å². The van der Waals surface area contributed by atoms with Gasteiger partial charge in [0, 0.05) is 6.92 Å². The zero-order valence-corrected chi connectivity index (χ0v) is 9.30. The molecular formula is C9H21ClNO+. The Morgan fingerprint density at radius 3 is 1.75 bits per heavy atom. The lowest BCUT2D eigenvalue weighted by Gasteiger charge is -2.40. The molecule has 0 radical (unpaired) electrons. The van der Waals surface area contributed by atoms with E-state index in [-0.39, 0.29) is 11.6 Å². The van der Waals surface area contributed by atoms with Crippen LogP contribution in [0.3, 0.4) is 0 Å². The Labute approximate surface area is 80.7 Å². The summed E-state index contributed by atoms with van der Waals surface area (Å²) in [6, 6.07) is 0. The molecule has 0 aliphatic heterocycles. The average molecular weight is 195 g/mol. The summed E-state index contributed by atoms with van der Waals surface area (Å²) in [4.78, 5) is 0. The number of alkyl halides is 1. The zero-order valence-electron chi connectivity index (χ0n) is 8.55. The summed E-state index contributed by atoms with van der Waals surface area (Å²) in [5.74, 6) is 0. The summed E-state index contributed by atoms with van der Waals surface area (Å²) in [6.07, 6.45) is -0.272. The molecule has 0 aromatic heterocycles. The molecule has 74 valence electrons. The first kappa shape index (κ1) is 12.2. The number of likely N-dealkylation sites (N-methyl/N-ethyl adjacent to an activating group) is 1. The lowest BCUT2D eigenvalue weighted by atomic mass is 10.2. The molecule has 0 bridgehead atoms. The highest BCUT2D eigenvalue weighted by Crippen LogP contribution is 2.17. The molecule has 1 N–H and O–H groups in total. The van der Waals surface area contributed by atoms with Crippen molar-refractivity contribution in [3.63, 3.8) is 0 Å². The van der Waals surface area contributed by atoms with Gasteiger partial charge >= 0.3 is 0 Å². The van der Waals surface area contributed by atoms with Crippen molar-refractivity contribution >= 4 is 11.6 Å². The summed E-state index contributed by atoms with van der Waals surface area (Å²) in [5.41, 5.74) is 0.0783. The molecule has 0 saturated heterocycles. The Hall–Kier alpha value is 0.210. The van der Waals surface area contributed by atoms with Gasteiger partial charge in [-0.3, -0.25) is 0 Å². The monoisotopic (exact) mass is 194 g/mol. The summed E-state index contributed by atoms with van der Waals surface area (Å²) in [6.45, 7) is 10.7. The fourth-order valence-electron chi connectivity index (χ4n) is 1.66. The van der Waals surface area contributed by atoms with E-state index in [4.69, 9.17) is 11.6 Å². The van der Waals surface area contributed by atoms with Crippen molar-refractivity contribution in [2.75, 3.05) is 19.6 Å². The van der Waals surface area contributed by atoms with Gasteiger partial charge in [0.25, 0.3) is 0 Å². The summed E-state index contributed by atoms with van der Waals surface area (Å²) in [7, 11) is 0. The van der Waals surface area contributed by atoms with Crippen LogP contribution < -0.4 is 0 Å². The van der Waals surface area contributed by atoms with Gasteiger partial charge in [-0.1, -0.05) is 11.6 Å². The van der Waals surface area contributed by atoms with E-state index in [9.17, 15) is 5.11 Å². The van der Waals surface area contributed by atoms with Crippen LogP contribution in [0.1, 0.15) is 27.7 Å². The number of rotatable bonds is 5. The fourth-order valence-corrected chi connectivity index (χ4v) is 2.01. The highest BCUT2D eigenvalue weighted by molar-refractivity contribution is 6.19. The molecule has 12 heavy (non-hydrogen) atoms. The molecule has 0 rings (SSSR count). The molecule has 0 fully saturated rings. The van der Waals surface area contributed by atoms with Crippen molar-refractivity contribution in [2.45, 2.75) is 39.3 Å². The predicted octanol–water partition coefficient (Wildman–Crippen LogP) is 1.81. The minimum absolute atomic E-state index is 0.0783. The number of halogens is 1. The van der Waals surface area contributed by atoms with Crippen molar-refractivity contribution in [3.05, 3.63) is 0 Å². The van der Waals surface area contributed by atoms with E-state index < -0.39 is 0 Å². The first-order valence-corrected chi connectivity index (χ1v) is 5.10. The Balaban J connectivity index is 4.35. The summed E-state index contributed by atoms with van der Waals surface area (Å²) < 4.78 is 0.791. The van der Waals surface area contributed by atoms with E-state index in [0.717, 1.165) is 24.1 Å². The fraction of sp³-hybridized carbons (Fsp3) is 1.00. The second-order valence-corrected chi connectivity index (χ2v) is 4.09. The molecule has 2 nitrogen and oxygen atoms in total. The number of aliphatic hydroxyl groups excluding tert-OH is 1. The third-order valence-corrected chi connectivity index (χ3v) is 3.06. The third-order valence-electron chi connectivity index (χ3n) is 2.64. The highest BCUT2D eigenvalue weighted by Gasteiger charge is 2.30. The molecule has 0 aromatic carbocycles. The van der Waals surface area contributed by atoms with Gasteiger partial charge < -0.3 is 9.59 Å². The SMILES string of the molecule is CC[N+](CC)(CC(C)O)C(C)Cl. The number of aliphatic hydroxyl groups is 1. The average Bonchev–Trinajstić information content (AvgIpc) is 1.99. The van der Waals surface area contributed by atoms with Crippen LogP contribution in [0.5, 0.6) is 0 Å². The second kappa shape index (κ2) is 5.05. The number of nitrogens with zero attached hydrogens (tertiary/aromatic N) is 1. The predicted molar refractivity (Wildman–Crippen MR) is 53.2 cm³/mol. The van der Waals surface area contributed by atoms with Gasteiger partial charge in [0.1, 0.15) is 12.6 Å². The van der Waals surface area contributed by atoms with Crippen molar-refractivity contribution < 1.29 is 9.59 Å². The van der Waals surface area contributed by atoms with Gasteiger partial charge in [-0.2, -0.15) is 0 Å². The van der Waals surface area contributed by atoms with Crippen molar-refractivity contribution in [3.8, 4) is 0 Å². The van der Waals surface area contributed by atoms with Crippen LogP contribution in [0.4, 0.5) is 0 Å². The largest absolute Gasteiger partial charge is 0.388 e. The standard InChI is InChI=1S/C9H21ClNO/c1-5-11(6-2,9(4)10)7-8(3)12/h8-9,12H,5-7H2,1-4H3/q+1. The first-order valence-electron chi connectivity index (χ1n) is 4.66. The number of quaternary nitrogens is 1. The van der Waals surface area contributed by atoms with Gasteiger partial charge in [-0.15, -0.1) is 0 Å². The van der Waals surface area contributed by atoms with Crippen LogP contribution in [0.25, 0.3) is 0 Å². The van der Waals surface area contributed by atoms with Crippen LogP contribution in [-0.4, -0.2) is 40.8 Å². The van der Waals surface area contributed by atoms with E-state index in [0.29, 0.717) is 0 Å². The van der Waals surface area contributed by atoms with Crippen molar-refractivity contribution in [1.82, 2.24) is 0 Å². The molecule has 0 aliphatic carbocycles. The van der Waals surface area contributed by atoms with Gasteiger partial charge in [0.05, 0.1) is 13.1 Å². The van der Waals surface area contributed by atoms with Gasteiger partial charge in [-0.25, -0.2) is 0 Å². The molecule has 0 amide bonds. The smallest absolute Gasteiger partial charge is 0.162 e. The zero-order chi connectivity index (χ0) is 9.78. The maximum atomic E-state index is 9.32. The molecular weight excluding hydrogens is 174 g/mol. The third kappa shape index (κ3) is 2.92. The first-order chi connectivity index (χ1) is 5.48. The summed E-state index contributed by atoms with van der Waals surface area (Å²) in [5, 5.41) is 9.32. The number of hydrogen-bond acceptors (Lipinski definition) is 1. The van der Waals surface area contributed by atoms with Gasteiger partial charge in [-0.05, 0) is 20.8 Å². The minimum Gasteiger partial charge on any atom is -0.388 e. The Kier molecular flexibility index (Phi) is 5.14. The highest BCUT2D eigenvalue weighted by atomic mass is 35.5. The second-order valence-electron chi connectivity index (χ2n) is 3.46. The Morgan fingerprint density at radius 2 is 1.67 bits per heavy atom. The maximum absolute atomic E-state index is 9.32. The van der Waals surface area contributed by atoms with E-state index in [1.165, 1.54) is 0 Å². The molecule has 0 saturated carbocycles. The van der Waals surface area contributed by atoms with Crippen LogP contribution in [0.15, 0.2) is 0 Å². The van der Waals surface area contributed by atoms with E-state index in [2.05, 4.69) is 13.8 Å². The maximum Gasteiger partial charge on any atom is 0.162 e. The Morgan fingerprint density at radius 1 is 1.25 bits per heavy atom. The normalized spacial score (nSPS) is 17.5. The van der Waals surface area contributed by atoms with Gasteiger partial charge in [0.2, 0.25) is 0 Å². The lowest BCUT2D eigenvalue weighted by molar-refractivity contribution is -0.936. The molecule has 0 aromatic rings. The minimum atomic E-state index is -0.272. The molecule has 0 heterocycles. The quantitative estimate of drug-likeness (QED) is 0.402. The van der Waals surface area contributed by atoms with E-state index in [1.54, 1.807) is 0 Å². The molecule has 0 spiro atoms. The molecule has 2 atom stereocenters. The molecule has 2 unspecified atom stereocenters. The van der Waals surface area contributed by atoms with Crippen LogP contribution in [0.2, 0.25) is 0 Å². The van der Waals surface area contributed by atoms with E-state index in [1.807, 2.05) is 13.8 Å². The van der Waals surface area contributed by atoms with Crippen molar-refractivity contribution in [2.24, 2.45) is 0 Å². The summed E-state index contributed by atoms with van der Waals surface area (Å²) >= 11 is 6.11. The van der Waals surface area contributed by atoms with Crippen molar-refractivity contribution in [1.29, 1.82) is 0 Å². The topological polar surface area (TPSA) is 20.2 Å². The van der Waals surface area contributed by atoms with E-state index >= 15 is 0 Å². The van der Waals surface area contributed by atoms with Gasteiger partial charge in [0.15, 0.2) is 5.50 Å². The lowest BCUT2D eigenvalue weighted by Crippen LogP contribution is -2.55.